The first kappa shape index (κ1) is 20.2. The van der Waals surface area contributed by atoms with E-state index in [4.69, 9.17) is 0 Å². The number of nitrogens with one attached hydrogen (secondary N) is 1. The number of hydrogen-bond donors (Lipinski definition) is 1. The summed E-state index contributed by atoms with van der Waals surface area (Å²) in [5, 5.41) is 8.34. The average molecular weight is 423 g/mol. The van der Waals surface area contributed by atoms with Gasteiger partial charge in [-0.15, -0.1) is 5.10 Å². The Morgan fingerprint density at radius 2 is 1.87 bits per heavy atom. The van der Waals surface area contributed by atoms with Crippen molar-refractivity contribution in [1.82, 2.24) is 10.3 Å². The zero-order valence-corrected chi connectivity index (χ0v) is 17.8. The molecular weight excluding hydrogens is 400 g/mol. The lowest BCUT2D eigenvalue weighted by Gasteiger charge is -2.29. The quantitative estimate of drug-likeness (QED) is 0.825. The monoisotopic (exact) mass is 422 g/mol. The molecule has 0 saturated carbocycles. The molecule has 0 bridgehead atoms. The molecular formula is C22H22N4O3S. The predicted molar refractivity (Wildman–Crippen MR) is 117 cm³/mol. The molecule has 154 valence electrons. The number of hydrazone groups is 1. The number of carbonyl (C=O) groups is 3. The van der Waals surface area contributed by atoms with Gasteiger partial charge in [0.2, 0.25) is 16.7 Å². The number of thioether (sulfide) groups is 1. The maximum absolute atomic E-state index is 13.8. The van der Waals surface area contributed by atoms with Crippen LogP contribution in [0.15, 0.2) is 53.6 Å². The van der Waals surface area contributed by atoms with Crippen molar-refractivity contribution in [3.63, 3.8) is 0 Å². The summed E-state index contributed by atoms with van der Waals surface area (Å²) in [5.74, 6) is -0.908. The maximum atomic E-state index is 13.8. The zero-order valence-electron chi connectivity index (χ0n) is 17.0. The number of carbonyl (C=O) groups excluding carboxylic acids is 3. The van der Waals surface area contributed by atoms with Crippen molar-refractivity contribution < 1.29 is 14.4 Å². The van der Waals surface area contributed by atoms with Crippen molar-refractivity contribution in [2.75, 3.05) is 11.4 Å². The van der Waals surface area contributed by atoms with Crippen molar-refractivity contribution in [3.8, 4) is 0 Å². The molecule has 4 rings (SSSR count). The van der Waals surface area contributed by atoms with E-state index in [0.717, 1.165) is 28.6 Å². The van der Waals surface area contributed by atoms with E-state index in [1.807, 2.05) is 55.5 Å². The van der Waals surface area contributed by atoms with Gasteiger partial charge in [0, 0.05) is 26.0 Å². The van der Waals surface area contributed by atoms with Gasteiger partial charge in [-0.3, -0.25) is 14.4 Å². The van der Waals surface area contributed by atoms with Gasteiger partial charge in [-0.1, -0.05) is 48.0 Å². The molecule has 2 aliphatic heterocycles. The van der Waals surface area contributed by atoms with Gasteiger partial charge in [-0.05, 0) is 36.7 Å². The molecule has 2 aromatic carbocycles. The van der Waals surface area contributed by atoms with Gasteiger partial charge < -0.3 is 10.2 Å². The Bertz CT molecular complexity index is 1070. The molecule has 2 aromatic rings. The third-order valence-electron chi connectivity index (χ3n) is 5.12. The number of anilines is 1. The standard InChI is InChI=1S/C22H22N4O3S/c1-14-9-10-19-18(13-14)22(26(16(3)28)24-21(30-22)23-15(2)27)20(29)25(19)12-11-17-7-5-4-6-8-17/h4-10,13H,11-12H2,1-3H3,(H,23,24,27). The van der Waals surface area contributed by atoms with Crippen molar-refractivity contribution in [3.05, 3.63) is 65.2 Å². The van der Waals surface area contributed by atoms with Crippen LogP contribution in [0.1, 0.15) is 30.5 Å². The van der Waals surface area contributed by atoms with Crippen LogP contribution in [0.5, 0.6) is 0 Å². The molecule has 2 heterocycles. The van der Waals surface area contributed by atoms with Crippen LogP contribution in [0.2, 0.25) is 0 Å². The normalized spacial score (nSPS) is 19.8. The van der Waals surface area contributed by atoms with Gasteiger partial charge in [0.25, 0.3) is 5.91 Å². The second-order valence-corrected chi connectivity index (χ2v) is 8.56. The molecule has 0 aliphatic carbocycles. The van der Waals surface area contributed by atoms with Gasteiger partial charge in [0.05, 0.1) is 5.69 Å². The lowest BCUT2D eigenvalue weighted by molar-refractivity contribution is -0.139. The van der Waals surface area contributed by atoms with Crippen molar-refractivity contribution in [1.29, 1.82) is 0 Å². The molecule has 7 nitrogen and oxygen atoms in total. The summed E-state index contributed by atoms with van der Waals surface area (Å²) < 4.78 is 0. The van der Waals surface area contributed by atoms with E-state index in [9.17, 15) is 14.4 Å². The average Bonchev–Trinajstić information content (AvgIpc) is 3.18. The fraction of sp³-hybridized carbons (Fsp3) is 0.273. The van der Waals surface area contributed by atoms with E-state index < -0.39 is 4.87 Å². The van der Waals surface area contributed by atoms with Crippen LogP contribution < -0.4 is 10.2 Å². The number of fused-ring (bicyclic) bond motifs is 2. The fourth-order valence-corrected chi connectivity index (χ4v) is 5.16. The topological polar surface area (TPSA) is 82.1 Å². The summed E-state index contributed by atoms with van der Waals surface area (Å²) in [7, 11) is 0. The first-order valence-corrected chi connectivity index (χ1v) is 10.5. The lowest BCUT2D eigenvalue weighted by atomic mass is 10.0. The van der Waals surface area contributed by atoms with Gasteiger partial charge in [-0.25, -0.2) is 0 Å². The van der Waals surface area contributed by atoms with E-state index >= 15 is 0 Å². The molecule has 1 unspecified atom stereocenters. The Morgan fingerprint density at radius 3 is 2.53 bits per heavy atom. The Balaban J connectivity index is 1.75. The van der Waals surface area contributed by atoms with E-state index in [1.54, 1.807) is 4.90 Å². The largest absolute Gasteiger partial charge is 0.308 e. The summed E-state index contributed by atoms with van der Waals surface area (Å²) in [5.41, 5.74) is 3.57. The Hall–Kier alpha value is -3.13. The summed E-state index contributed by atoms with van der Waals surface area (Å²) >= 11 is 1.10. The van der Waals surface area contributed by atoms with Crippen LogP contribution in [-0.2, 0) is 25.7 Å². The van der Waals surface area contributed by atoms with Gasteiger partial charge in [0.15, 0.2) is 5.17 Å². The third kappa shape index (κ3) is 3.27. The third-order valence-corrected chi connectivity index (χ3v) is 6.36. The molecule has 0 fully saturated rings. The number of nitrogens with zero attached hydrogens (tertiary/aromatic N) is 3. The molecule has 0 saturated heterocycles. The number of amides is 3. The van der Waals surface area contributed by atoms with E-state index in [-0.39, 0.29) is 22.9 Å². The first-order valence-electron chi connectivity index (χ1n) is 9.66. The van der Waals surface area contributed by atoms with Crippen molar-refractivity contribution >= 4 is 40.3 Å². The molecule has 0 radical (unpaired) electrons. The summed E-state index contributed by atoms with van der Waals surface area (Å²) in [6, 6.07) is 15.7. The molecule has 8 heteroatoms. The highest BCUT2D eigenvalue weighted by atomic mass is 32.2. The molecule has 1 spiro atoms. The summed E-state index contributed by atoms with van der Waals surface area (Å²) in [6.45, 7) is 5.16. The SMILES string of the molecule is CC(=O)NC1=NN(C(C)=O)C2(S1)C(=O)N(CCc1ccccc1)c1ccc(C)cc12. The molecule has 2 aliphatic rings. The zero-order chi connectivity index (χ0) is 21.5. The number of hydrogen-bond acceptors (Lipinski definition) is 5. The van der Waals surface area contributed by atoms with Crippen LogP contribution in [0.25, 0.3) is 0 Å². The van der Waals surface area contributed by atoms with Crippen LogP contribution in [0.3, 0.4) is 0 Å². The van der Waals surface area contributed by atoms with E-state index in [0.29, 0.717) is 18.5 Å². The van der Waals surface area contributed by atoms with Crippen molar-refractivity contribution in [2.45, 2.75) is 32.1 Å². The minimum Gasteiger partial charge on any atom is -0.308 e. The van der Waals surface area contributed by atoms with Gasteiger partial charge in [0.1, 0.15) is 0 Å². The predicted octanol–water partition coefficient (Wildman–Crippen LogP) is 2.74. The highest BCUT2D eigenvalue weighted by Crippen LogP contribution is 2.54. The number of amidine groups is 1. The summed E-state index contributed by atoms with van der Waals surface area (Å²) in [6.07, 6.45) is 0.681. The fourth-order valence-electron chi connectivity index (χ4n) is 3.83. The highest BCUT2D eigenvalue weighted by molar-refractivity contribution is 8.15. The molecule has 3 amide bonds. The van der Waals surface area contributed by atoms with Gasteiger partial charge >= 0.3 is 0 Å². The number of rotatable bonds is 3. The van der Waals surface area contributed by atoms with E-state index in [1.165, 1.54) is 18.9 Å². The first-order chi connectivity index (χ1) is 14.3. The molecule has 1 atom stereocenters. The Labute approximate surface area is 179 Å². The minimum absolute atomic E-state index is 0.233. The van der Waals surface area contributed by atoms with Crippen LogP contribution in [0.4, 0.5) is 5.69 Å². The molecule has 0 aromatic heterocycles. The summed E-state index contributed by atoms with van der Waals surface area (Å²) in [4.78, 5) is 38.2. The Morgan fingerprint density at radius 1 is 1.13 bits per heavy atom. The van der Waals surface area contributed by atoms with Crippen LogP contribution >= 0.6 is 11.8 Å². The van der Waals surface area contributed by atoms with Crippen molar-refractivity contribution in [2.24, 2.45) is 5.10 Å². The Kier molecular flexibility index (Phi) is 5.11. The van der Waals surface area contributed by atoms with Crippen LogP contribution in [0, 0.1) is 6.92 Å². The molecule has 30 heavy (non-hydrogen) atoms. The number of aryl methyl sites for hydroxylation is 1. The smallest absolute Gasteiger partial charge is 0.270 e. The highest BCUT2D eigenvalue weighted by Gasteiger charge is 2.61. The minimum atomic E-state index is -1.35. The second kappa shape index (κ2) is 7.60. The second-order valence-electron chi connectivity index (χ2n) is 7.38. The lowest BCUT2D eigenvalue weighted by Crippen LogP contribution is -2.49. The van der Waals surface area contributed by atoms with Crippen LogP contribution in [-0.4, -0.2) is 34.4 Å². The maximum Gasteiger partial charge on any atom is 0.270 e. The van der Waals surface area contributed by atoms with E-state index in [2.05, 4.69) is 10.4 Å². The molecule has 1 N–H and O–H groups in total. The number of benzene rings is 2. The van der Waals surface area contributed by atoms with Gasteiger partial charge in [-0.2, -0.15) is 5.01 Å².